The third-order valence-electron chi connectivity index (χ3n) is 3.16. The fraction of sp³-hybridized carbons (Fsp3) is 0.333. The first kappa shape index (κ1) is 14.1. The minimum atomic E-state index is -0.129. The van der Waals surface area contributed by atoms with Gasteiger partial charge in [0.15, 0.2) is 0 Å². The lowest BCUT2D eigenvalue weighted by Crippen LogP contribution is -2.26. The molecule has 5 heteroatoms. The van der Waals surface area contributed by atoms with E-state index >= 15 is 0 Å². The summed E-state index contributed by atoms with van der Waals surface area (Å²) in [5.41, 5.74) is 8.70. The lowest BCUT2D eigenvalue weighted by atomic mass is 10.1. The molecule has 5 nitrogen and oxygen atoms in total. The highest BCUT2D eigenvalue weighted by atomic mass is 16.5. The summed E-state index contributed by atoms with van der Waals surface area (Å²) in [5.74, 6) is 0.503. The van der Waals surface area contributed by atoms with E-state index in [-0.39, 0.29) is 5.91 Å². The van der Waals surface area contributed by atoms with Crippen LogP contribution in [0.1, 0.15) is 34.3 Å². The fourth-order valence-corrected chi connectivity index (χ4v) is 2.04. The zero-order valence-corrected chi connectivity index (χ0v) is 11.8. The zero-order chi connectivity index (χ0) is 14.5. The second-order valence-electron chi connectivity index (χ2n) is 4.67. The second kappa shape index (κ2) is 6.23. The van der Waals surface area contributed by atoms with Crippen LogP contribution >= 0.6 is 0 Å². The molecule has 1 heterocycles. The Morgan fingerprint density at radius 3 is 2.70 bits per heavy atom. The summed E-state index contributed by atoms with van der Waals surface area (Å²) in [6.07, 6.45) is 1.42. The summed E-state index contributed by atoms with van der Waals surface area (Å²) < 4.78 is 5.12. The van der Waals surface area contributed by atoms with Crippen LogP contribution in [0.3, 0.4) is 0 Å². The van der Waals surface area contributed by atoms with Crippen molar-refractivity contribution in [1.82, 2.24) is 10.5 Å². The number of benzene rings is 1. The molecule has 0 atom stereocenters. The van der Waals surface area contributed by atoms with Crippen molar-refractivity contribution >= 4 is 11.6 Å². The molecule has 1 aromatic heterocycles. The molecule has 0 aliphatic rings. The molecule has 0 fully saturated rings. The molecule has 106 valence electrons. The van der Waals surface area contributed by atoms with Crippen molar-refractivity contribution in [2.45, 2.75) is 26.7 Å². The number of aromatic nitrogens is 1. The summed E-state index contributed by atoms with van der Waals surface area (Å²) in [4.78, 5) is 12.1. The van der Waals surface area contributed by atoms with Crippen LogP contribution in [0.5, 0.6) is 0 Å². The molecular formula is C15H19N3O2. The van der Waals surface area contributed by atoms with Crippen molar-refractivity contribution in [3.63, 3.8) is 0 Å². The van der Waals surface area contributed by atoms with Crippen molar-refractivity contribution in [2.75, 3.05) is 12.3 Å². The van der Waals surface area contributed by atoms with Crippen molar-refractivity contribution in [3.05, 3.63) is 46.8 Å². The predicted molar refractivity (Wildman–Crippen MR) is 77.5 cm³/mol. The van der Waals surface area contributed by atoms with Crippen LogP contribution in [0.2, 0.25) is 0 Å². The number of hydrogen-bond donors (Lipinski definition) is 2. The van der Waals surface area contributed by atoms with E-state index in [1.54, 1.807) is 6.92 Å². The van der Waals surface area contributed by atoms with E-state index in [0.29, 0.717) is 30.0 Å². The largest absolute Gasteiger partial charge is 0.399 e. The smallest absolute Gasteiger partial charge is 0.256 e. The Balaban J connectivity index is 1.92. The number of nitrogens with two attached hydrogens (primary N) is 1. The minimum absolute atomic E-state index is 0.129. The van der Waals surface area contributed by atoms with Crippen molar-refractivity contribution in [1.29, 1.82) is 0 Å². The van der Waals surface area contributed by atoms with Crippen molar-refractivity contribution in [2.24, 2.45) is 0 Å². The highest BCUT2D eigenvalue weighted by Gasteiger charge is 2.18. The van der Waals surface area contributed by atoms with Gasteiger partial charge in [0, 0.05) is 18.7 Å². The number of nitrogens with one attached hydrogen (secondary N) is 1. The Morgan fingerprint density at radius 1 is 1.35 bits per heavy atom. The van der Waals surface area contributed by atoms with Gasteiger partial charge in [-0.05, 0) is 31.0 Å². The quantitative estimate of drug-likeness (QED) is 0.817. The van der Waals surface area contributed by atoms with E-state index in [4.69, 9.17) is 10.3 Å². The number of carbonyl (C=O) groups is 1. The molecule has 0 radical (unpaired) electrons. The van der Waals surface area contributed by atoms with Crippen LogP contribution in [-0.4, -0.2) is 17.6 Å². The highest BCUT2D eigenvalue weighted by Crippen LogP contribution is 2.14. The van der Waals surface area contributed by atoms with Gasteiger partial charge >= 0.3 is 0 Å². The Labute approximate surface area is 118 Å². The SMILES string of the molecule is CCc1onc(C)c1C(=O)NCCc1ccc(N)cc1. The summed E-state index contributed by atoms with van der Waals surface area (Å²) >= 11 is 0. The molecule has 1 aromatic carbocycles. The number of aryl methyl sites for hydroxylation is 2. The molecule has 0 aliphatic carbocycles. The standard InChI is InChI=1S/C15H19N3O2/c1-3-13-14(10(2)18-20-13)15(19)17-9-8-11-4-6-12(16)7-5-11/h4-7H,3,8-9,16H2,1-2H3,(H,17,19). The van der Waals surface area contributed by atoms with E-state index in [2.05, 4.69) is 10.5 Å². The molecule has 2 aromatic rings. The Bertz CT molecular complexity index is 588. The van der Waals surface area contributed by atoms with Crippen molar-refractivity contribution in [3.8, 4) is 0 Å². The van der Waals surface area contributed by atoms with Gasteiger partial charge in [-0.1, -0.05) is 24.2 Å². The van der Waals surface area contributed by atoms with Gasteiger partial charge in [-0.3, -0.25) is 4.79 Å². The molecule has 0 saturated carbocycles. The maximum absolute atomic E-state index is 12.1. The van der Waals surface area contributed by atoms with E-state index in [1.165, 1.54) is 0 Å². The molecule has 1 amide bonds. The van der Waals surface area contributed by atoms with Gasteiger partial charge in [-0.15, -0.1) is 0 Å². The van der Waals surface area contributed by atoms with Crippen LogP contribution in [-0.2, 0) is 12.8 Å². The molecule has 0 aliphatic heterocycles. The molecule has 0 bridgehead atoms. The minimum Gasteiger partial charge on any atom is -0.399 e. The predicted octanol–water partition coefficient (Wildman–Crippen LogP) is 2.10. The monoisotopic (exact) mass is 273 g/mol. The number of hydrogen-bond acceptors (Lipinski definition) is 4. The van der Waals surface area contributed by atoms with Crippen LogP contribution in [0.15, 0.2) is 28.8 Å². The third kappa shape index (κ3) is 3.17. The summed E-state index contributed by atoms with van der Waals surface area (Å²) in [7, 11) is 0. The maximum Gasteiger partial charge on any atom is 0.256 e. The number of rotatable bonds is 5. The van der Waals surface area contributed by atoms with Crippen LogP contribution in [0, 0.1) is 6.92 Å². The second-order valence-corrected chi connectivity index (χ2v) is 4.67. The van der Waals surface area contributed by atoms with Crippen molar-refractivity contribution < 1.29 is 9.32 Å². The molecule has 20 heavy (non-hydrogen) atoms. The fourth-order valence-electron chi connectivity index (χ4n) is 2.04. The summed E-state index contributed by atoms with van der Waals surface area (Å²) in [5, 5.41) is 6.73. The van der Waals surface area contributed by atoms with Crippen LogP contribution in [0.4, 0.5) is 5.69 Å². The van der Waals surface area contributed by atoms with Gasteiger partial charge < -0.3 is 15.6 Å². The topological polar surface area (TPSA) is 81.2 Å². The number of anilines is 1. The normalized spacial score (nSPS) is 10.5. The maximum atomic E-state index is 12.1. The highest BCUT2D eigenvalue weighted by molar-refractivity contribution is 5.96. The van der Waals surface area contributed by atoms with Gasteiger partial charge in [0.1, 0.15) is 11.3 Å². The summed E-state index contributed by atoms with van der Waals surface area (Å²) in [6.45, 7) is 4.28. The first-order valence-corrected chi connectivity index (χ1v) is 6.69. The molecule has 2 rings (SSSR count). The number of nitrogens with zero attached hydrogens (tertiary/aromatic N) is 1. The van der Waals surface area contributed by atoms with E-state index in [1.807, 2.05) is 31.2 Å². The van der Waals surface area contributed by atoms with E-state index in [9.17, 15) is 4.79 Å². The Hall–Kier alpha value is -2.30. The average molecular weight is 273 g/mol. The Morgan fingerprint density at radius 2 is 2.05 bits per heavy atom. The number of carbonyl (C=O) groups excluding carboxylic acids is 1. The molecule has 3 N–H and O–H groups in total. The Kier molecular flexibility index (Phi) is 4.40. The van der Waals surface area contributed by atoms with Gasteiger partial charge in [0.05, 0.1) is 5.69 Å². The average Bonchev–Trinajstić information content (AvgIpc) is 2.82. The molecule has 0 saturated heterocycles. The molecular weight excluding hydrogens is 254 g/mol. The molecule has 0 unspecified atom stereocenters. The summed E-state index contributed by atoms with van der Waals surface area (Å²) in [6, 6.07) is 7.64. The number of amides is 1. The van der Waals surface area contributed by atoms with E-state index in [0.717, 1.165) is 17.7 Å². The van der Waals surface area contributed by atoms with Crippen LogP contribution in [0.25, 0.3) is 0 Å². The number of nitrogen functional groups attached to an aromatic ring is 1. The molecule has 0 spiro atoms. The van der Waals surface area contributed by atoms with Gasteiger partial charge in [-0.25, -0.2) is 0 Å². The van der Waals surface area contributed by atoms with Gasteiger partial charge in [0.25, 0.3) is 5.91 Å². The van der Waals surface area contributed by atoms with Gasteiger partial charge in [-0.2, -0.15) is 0 Å². The lowest BCUT2D eigenvalue weighted by molar-refractivity contribution is 0.0951. The van der Waals surface area contributed by atoms with Gasteiger partial charge in [0.2, 0.25) is 0 Å². The van der Waals surface area contributed by atoms with E-state index < -0.39 is 0 Å². The zero-order valence-electron chi connectivity index (χ0n) is 11.8. The lowest BCUT2D eigenvalue weighted by Gasteiger charge is -2.05. The first-order chi connectivity index (χ1) is 9.61. The first-order valence-electron chi connectivity index (χ1n) is 6.69. The third-order valence-corrected chi connectivity index (χ3v) is 3.16. The van der Waals surface area contributed by atoms with Crippen LogP contribution < -0.4 is 11.1 Å².